The summed E-state index contributed by atoms with van der Waals surface area (Å²) in [5.41, 5.74) is 1.41. The Morgan fingerprint density at radius 3 is 2.65 bits per heavy atom. The number of sulfonamides is 1. The molecule has 0 unspecified atom stereocenters. The Kier molecular flexibility index (Phi) is 3.81. The quantitative estimate of drug-likeness (QED) is 0.728. The molecule has 3 N–H and O–H groups in total. The third kappa shape index (κ3) is 3.00. The van der Waals surface area contributed by atoms with Gasteiger partial charge in [0.1, 0.15) is 0 Å². The lowest BCUT2D eigenvalue weighted by molar-refractivity contribution is 0.0696. The van der Waals surface area contributed by atoms with E-state index in [1.807, 2.05) is 0 Å². The largest absolute Gasteiger partial charge is 0.478 e. The molecule has 2 heterocycles. The summed E-state index contributed by atoms with van der Waals surface area (Å²) in [6.07, 6.45) is 2.53. The number of nitrogens with zero attached hydrogens (tertiary/aromatic N) is 2. The van der Waals surface area contributed by atoms with Gasteiger partial charge in [-0.15, -0.1) is 0 Å². The molecule has 2 aromatic heterocycles. The van der Waals surface area contributed by atoms with E-state index in [1.165, 1.54) is 12.3 Å². The zero-order valence-electron chi connectivity index (χ0n) is 10.5. The molecule has 8 nitrogen and oxygen atoms in total. The highest BCUT2D eigenvalue weighted by Crippen LogP contribution is 2.09. The topological polar surface area (TPSA) is 125 Å². The van der Waals surface area contributed by atoms with Gasteiger partial charge < -0.3 is 5.11 Å². The molecule has 0 amide bonds. The summed E-state index contributed by atoms with van der Waals surface area (Å²) in [5, 5.41) is 15.0. The van der Waals surface area contributed by atoms with Crippen LogP contribution < -0.4 is 4.72 Å². The molecule has 0 radical (unpaired) electrons. The van der Waals surface area contributed by atoms with Crippen LogP contribution in [0.5, 0.6) is 0 Å². The van der Waals surface area contributed by atoms with E-state index in [1.54, 1.807) is 6.92 Å². The van der Waals surface area contributed by atoms with E-state index in [0.717, 1.165) is 23.5 Å². The highest BCUT2D eigenvalue weighted by molar-refractivity contribution is 7.89. The summed E-state index contributed by atoms with van der Waals surface area (Å²) in [6, 6.07) is 2.33. The first-order chi connectivity index (χ1) is 9.40. The molecule has 0 bridgehead atoms. The Labute approximate surface area is 114 Å². The SMILES string of the molecule is Cc1[nH]ncc1CNS(=O)(=O)c1ccc(C(=O)O)cn1. The molecule has 0 aromatic carbocycles. The van der Waals surface area contributed by atoms with Crippen molar-refractivity contribution in [3.63, 3.8) is 0 Å². The minimum atomic E-state index is -3.79. The van der Waals surface area contributed by atoms with Gasteiger partial charge in [-0.1, -0.05) is 0 Å². The van der Waals surface area contributed by atoms with Crippen molar-refractivity contribution >= 4 is 16.0 Å². The molecule has 20 heavy (non-hydrogen) atoms. The second kappa shape index (κ2) is 5.39. The van der Waals surface area contributed by atoms with Gasteiger partial charge in [0.05, 0.1) is 11.8 Å². The van der Waals surface area contributed by atoms with Gasteiger partial charge in [0, 0.05) is 24.0 Å². The Hall–Kier alpha value is -2.26. The fraction of sp³-hybridized carbons (Fsp3) is 0.182. The van der Waals surface area contributed by atoms with Crippen LogP contribution >= 0.6 is 0 Å². The van der Waals surface area contributed by atoms with Crippen molar-refractivity contribution in [3.05, 3.63) is 41.3 Å². The van der Waals surface area contributed by atoms with Gasteiger partial charge >= 0.3 is 5.97 Å². The van der Waals surface area contributed by atoms with Crippen LogP contribution in [-0.2, 0) is 16.6 Å². The van der Waals surface area contributed by atoms with E-state index in [9.17, 15) is 13.2 Å². The molecular formula is C11H12N4O4S. The number of H-pyrrole nitrogens is 1. The van der Waals surface area contributed by atoms with Crippen LogP contribution in [0.15, 0.2) is 29.6 Å². The van der Waals surface area contributed by atoms with E-state index >= 15 is 0 Å². The number of carboxylic acids is 1. The molecular weight excluding hydrogens is 284 g/mol. The fourth-order valence-electron chi connectivity index (χ4n) is 1.47. The summed E-state index contributed by atoms with van der Waals surface area (Å²) in [6.45, 7) is 1.85. The third-order valence-corrected chi connectivity index (χ3v) is 3.96. The number of carboxylic acid groups (broad SMARTS) is 1. The Balaban J connectivity index is 2.14. The van der Waals surface area contributed by atoms with E-state index in [4.69, 9.17) is 5.11 Å². The molecule has 0 fully saturated rings. The normalized spacial score (nSPS) is 11.4. The number of pyridine rings is 1. The van der Waals surface area contributed by atoms with E-state index < -0.39 is 16.0 Å². The number of hydrogen-bond acceptors (Lipinski definition) is 5. The molecule has 9 heteroatoms. The van der Waals surface area contributed by atoms with Crippen LogP contribution in [0, 0.1) is 6.92 Å². The molecule has 2 rings (SSSR count). The highest BCUT2D eigenvalue weighted by Gasteiger charge is 2.17. The first-order valence-electron chi connectivity index (χ1n) is 5.58. The van der Waals surface area contributed by atoms with Gasteiger partial charge in [0.15, 0.2) is 5.03 Å². The van der Waals surface area contributed by atoms with Crippen molar-refractivity contribution in [2.45, 2.75) is 18.5 Å². The number of carbonyl (C=O) groups is 1. The summed E-state index contributed by atoms with van der Waals surface area (Å²) in [7, 11) is -3.79. The Morgan fingerprint density at radius 2 is 2.15 bits per heavy atom. The lowest BCUT2D eigenvalue weighted by Gasteiger charge is -2.05. The lowest BCUT2D eigenvalue weighted by Crippen LogP contribution is -2.24. The van der Waals surface area contributed by atoms with Crippen molar-refractivity contribution in [1.82, 2.24) is 19.9 Å². The maximum Gasteiger partial charge on any atom is 0.337 e. The Bertz CT molecular complexity index is 721. The van der Waals surface area contributed by atoms with Gasteiger partial charge in [-0.05, 0) is 19.1 Å². The van der Waals surface area contributed by atoms with E-state index in [2.05, 4.69) is 19.9 Å². The molecule has 0 aliphatic carbocycles. The molecule has 2 aromatic rings. The van der Waals surface area contributed by atoms with Gasteiger partial charge in [0.25, 0.3) is 10.0 Å². The monoisotopic (exact) mass is 296 g/mol. The van der Waals surface area contributed by atoms with Crippen LogP contribution in [0.2, 0.25) is 0 Å². The fourth-order valence-corrected chi connectivity index (χ4v) is 2.40. The van der Waals surface area contributed by atoms with Crippen LogP contribution in [0.4, 0.5) is 0 Å². The van der Waals surface area contributed by atoms with Crippen LogP contribution in [0.25, 0.3) is 0 Å². The summed E-state index contributed by atoms with van der Waals surface area (Å²) < 4.78 is 26.3. The zero-order chi connectivity index (χ0) is 14.8. The molecule has 0 atom stereocenters. The van der Waals surface area contributed by atoms with Crippen LogP contribution in [0.1, 0.15) is 21.6 Å². The zero-order valence-corrected chi connectivity index (χ0v) is 11.3. The predicted molar refractivity (Wildman–Crippen MR) is 68.5 cm³/mol. The first kappa shape index (κ1) is 14.2. The maximum absolute atomic E-state index is 12.0. The van der Waals surface area contributed by atoms with E-state index in [-0.39, 0.29) is 17.1 Å². The number of aromatic amines is 1. The van der Waals surface area contributed by atoms with Crippen molar-refractivity contribution in [3.8, 4) is 0 Å². The molecule has 106 valence electrons. The van der Waals surface area contributed by atoms with Crippen molar-refractivity contribution in [2.75, 3.05) is 0 Å². The summed E-state index contributed by atoms with van der Waals surface area (Å²) >= 11 is 0. The molecule has 0 spiro atoms. The minimum absolute atomic E-state index is 0.0744. The van der Waals surface area contributed by atoms with E-state index in [0.29, 0.717) is 0 Å². The number of rotatable bonds is 5. The van der Waals surface area contributed by atoms with Crippen molar-refractivity contribution in [2.24, 2.45) is 0 Å². The number of aromatic carboxylic acids is 1. The second-order valence-electron chi connectivity index (χ2n) is 4.04. The molecule has 0 saturated carbocycles. The van der Waals surface area contributed by atoms with Crippen molar-refractivity contribution < 1.29 is 18.3 Å². The number of aryl methyl sites for hydroxylation is 1. The maximum atomic E-state index is 12.0. The Morgan fingerprint density at radius 1 is 1.40 bits per heavy atom. The van der Waals surface area contributed by atoms with Gasteiger partial charge in [0.2, 0.25) is 0 Å². The summed E-state index contributed by atoms with van der Waals surface area (Å²) in [5.74, 6) is -1.16. The van der Waals surface area contributed by atoms with Crippen molar-refractivity contribution in [1.29, 1.82) is 0 Å². The standard InChI is InChI=1S/C11H12N4O4S/c1-7-9(5-13-15-7)6-14-20(18,19)10-3-2-8(4-12-10)11(16)17/h2-5,14H,6H2,1H3,(H,13,15)(H,16,17). The lowest BCUT2D eigenvalue weighted by atomic mass is 10.3. The molecule has 0 aliphatic rings. The average Bonchev–Trinajstić information content (AvgIpc) is 2.82. The van der Waals surface area contributed by atoms with Crippen LogP contribution in [-0.4, -0.2) is 34.7 Å². The van der Waals surface area contributed by atoms with Gasteiger partial charge in [-0.25, -0.2) is 22.9 Å². The smallest absolute Gasteiger partial charge is 0.337 e. The number of aromatic nitrogens is 3. The average molecular weight is 296 g/mol. The third-order valence-electron chi connectivity index (χ3n) is 2.65. The molecule has 0 saturated heterocycles. The minimum Gasteiger partial charge on any atom is -0.478 e. The van der Waals surface area contributed by atoms with Gasteiger partial charge in [-0.3, -0.25) is 5.10 Å². The number of nitrogens with one attached hydrogen (secondary N) is 2. The van der Waals surface area contributed by atoms with Crippen LogP contribution in [0.3, 0.4) is 0 Å². The second-order valence-corrected chi connectivity index (χ2v) is 5.75. The predicted octanol–water partition coefficient (Wildman–Crippen LogP) is 0.290. The highest BCUT2D eigenvalue weighted by atomic mass is 32.2. The molecule has 0 aliphatic heterocycles. The van der Waals surface area contributed by atoms with Gasteiger partial charge in [-0.2, -0.15) is 5.10 Å². The first-order valence-corrected chi connectivity index (χ1v) is 7.06. The summed E-state index contributed by atoms with van der Waals surface area (Å²) in [4.78, 5) is 14.3. The number of hydrogen-bond donors (Lipinski definition) is 3.